The van der Waals surface area contributed by atoms with Crippen molar-refractivity contribution in [3.63, 3.8) is 0 Å². The summed E-state index contributed by atoms with van der Waals surface area (Å²) in [6, 6.07) is 13.9. The molecule has 0 radical (unpaired) electrons. The van der Waals surface area contributed by atoms with Crippen LogP contribution in [-0.2, 0) is 11.3 Å². The van der Waals surface area contributed by atoms with E-state index in [1.54, 1.807) is 17.0 Å². The molecule has 1 amide bonds. The number of likely N-dealkylation sites (N-methyl/N-ethyl adjacent to an activating group) is 1. The molecule has 25 heavy (non-hydrogen) atoms. The van der Waals surface area contributed by atoms with Gasteiger partial charge in [-0.05, 0) is 42.8 Å². The Labute approximate surface area is 146 Å². The van der Waals surface area contributed by atoms with E-state index in [1.165, 1.54) is 12.1 Å². The van der Waals surface area contributed by atoms with E-state index >= 15 is 0 Å². The smallest absolute Gasteiger partial charge is 0.242 e. The normalized spacial score (nSPS) is 11.0. The van der Waals surface area contributed by atoms with E-state index in [9.17, 15) is 9.18 Å². The SMILES string of the molecule is CCCCN(C)C(=O)Cn1c(-c2ccc(F)cc2)nc2ccccc21. The van der Waals surface area contributed by atoms with Crippen molar-refractivity contribution in [2.24, 2.45) is 0 Å². The molecule has 0 N–H and O–H groups in total. The number of carbonyl (C=O) groups is 1. The van der Waals surface area contributed by atoms with Crippen LogP contribution in [0.5, 0.6) is 0 Å². The number of imidazole rings is 1. The van der Waals surface area contributed by atoms with Gasteiger partial charge in [-0.1, -0.05) is 25.5 Å². The third kappa shape index (κ3) is 3.71. The summed E-state index contributed by atoms with van der Waals surface area (Å²) in [5.41, 5.74) is 2.52. The van der Waals surface area contributed by atoms with Crippen molar-refractivity contribution in [3.05, 3.63) is 54.3 Å². The monoisotopic (exact) mass is 339 g/mol. The van der Waals surface area contributed by atoms with Crippen LogP contribution >= 0.6 is 0 Å². The van der Waals surface area contributed by atoms with E-state index in [-0.39, 0.29) is 18.3 Å². The van der Waals surface area contributed by atoms with Crippen LogP contribution in [0.2, 0.25) is 0 Å². The predicted octanol–water partition coefficient (Wildman–Crippen LogP) is 4.10. The van der Waals surface area contributed by atoms with Crippen LogP contribution in [-0.4, -0.2) is 34.0 Å². The summed E-state index contributed by atoms with van der Waals surface area (Å²) in [7, 11) is 1.83. The van der Waals surface area contributed by atoms with E-state index < -0.39 is 0 Å². The topological polar surface area (TPSA) is 38.1 Å². The molecule has 130 valence electrons. The van der Waals surface area contributed by atoms with Gasteiger partial charge in [-0.3, -0.25) is 4.79 Å². The van der Waals surface area contributed by atoms with E-state index in [2.05, 4.69) is 11.9 Å². The van der Waals surface area contributed by atoms with Crippen molar-refractivity contribution in [2.75, 3.05) is 13.6 Å². The molecular weight excluding hydrogens is 317 g/mol. The fourth-order valence-electron chi connectivity index (χ4n) is 2.83. The molecular formula is C20H22FN3O. The standard InChI is InChI=1S/C20H22FN3O/c1-3-4-13-23(2)19(25)14-24-18-8-6-5-7-17(18)22-20(24)15-9-11-16(21)12-10-15/h5-12H,3-4,13-14H2,1-2H3. The van der Waals surface area contributed by atoms with Crippen LogP contribution in [0.1, 0.15) is 19.8 Å². The van der Waals surface area contributed by atoms with Gasteiger partial charge >= 0.3 is 0 Å². The number of unbranched alkanes of at least 4 members (excludes halogenated alkanes) is 1. The van der Waals surface area contributed by atoms with Crippen molar-refractivity contribution in [3.8, 4) is 11.4 Å². The highest BCUT2D eigenvalue weighted by atomic mass is 19.1. The molecule has 3 rings (SSSR count). The molecule has 5 heteroatoms. The largest absolute Gasteiger partial charge is 0.344 e. The maximum absolute atomic E-state index is 13.3. The molecule has 3 aromatic rings. The maximum atomic E-state index is 13.3. The third-order valence-electron chi connectivity index (χ3n) is 4.32. The fraction of sp³-hybridized carbons (Fsp3) is 0.300. The molecule has 0 atom stereocenters. The fourth-order valence-corrected chi connectivity index (χ4v) is 2.83. The Bertz CT molecular complexity index is 870. The first kappa shape index (κ1) is 17.1. The highest BCUT2D eigenvalue weighted by Crippen LogP contribution is 2.25. The number of rotatable bonds is 6. The van der Waals surface area contributed by atoms with Gasteiger partial charge in [-0.2, -0.15) is 0 Å². The van der Waals surface area contributed by atoms with Crippen LogP contribution in [0.15, 0.2) is 48.5 Å². The van der Waals surface area contributed by atoms with Crippen molar-refractivity contribution >= 4 is 16.9 Å². The zero-order chi connectivity index (χ0) is 17.8. The van der Waals surface area contributed by atoms with Crippen LogP contribution in [0, 0.1) is 5.82 Å². The first-order valence-corrected chi connectivity index (χ1v) is 8.55. The van der Waals surface area contributed by atoms with E-state index in [4.69, 9.17) is 0 Å². The van der Waals surface area contributed by atoms with Gasteiger partial charge in [0.2, 0.25) is 5.91 Å². The molecule has 0 aliphatic carbocycles. The molecule has 1 heterocycles. The number of fused-ring (bicyclic) bond motifs is 1. The average Bonchev–Trinajstić information content (AvgIpc) is 2.99. The minimum Gasteiger partial charge on any atom is -0.344 e. The minimum absolute atomic E-state index is 0.0416. The first-order valence-electron chi connectivity index (χ1n) is 8.55. The minimum atomic E-state index is -0.290. The second-order valence-corrected chi connectivity index (χ2v) is 6.19. The maximum Gasteiger partial charge on any atom is 0.242 e. The van der Waals surface area contributed by atoms with Crippen LogP contribution < -0.4 is 0 Å². The van der Waals surface area contributed by atoms with Crippen LogP contribution in [0.25, 0.3) is 22.4 Å². The summed E-state index contributed by atoms with van der Waals surface area (Å²) < 4.78 is 15.2. The summed E-state index contributed by atoms with van der Waals surface area (Å²) in [5.74, 6) is 0.431. The average molecular weight is 339 g/mol. The second kappa shape index (κ2) is 7.47. The number of nitrogens with zero attached hydrogens (tertiary/aromatic N) is 3. The Balaban J connectivity index is 1.99. The van der Waals surface area contributed by atoms with Crippen molar-refractivity contribution in [1.29, 1.82) is 0 Å². The van der Waals surface area contributed by atoms with Gasteiger partial charge in [-0.25, -0.2) is 9.37 Å². The number of para-hydroxylation sites is 2. The highest BCUT2D eigenvalue weighted by molar-refractivity contribution is 5.84. The Morgan fingerprint density at radius 3 is 2.60 bits per heavy atom. The molecule has 0 bridgehead atoms. The van der Waals surface area contributed by atoms with Crippen molar-refractivity contribution in [2.45, 2.75) is 26.3 Å². The van der Waals surface area contributed by atoms with Gasteiger partial charge in [0, 0.05) is 19.2 Å². The van der Waals surface area contributed by atoms with E-state index in [0.29, 0.717) is 5.82 Å². The lowest BCUT2D eigenvalue weighted by Crippen LogP contribution is -2.31. The molecule has 0 saturated heterocycles. The number of benzene rings is 2. The lowest BCUT2D eigenvalue weighted by atomic mass is 10.2. The van der Waals surface area contributed by atoms with Crippen molar-refractivity contribution in [1.82, 2.24) is 14.5 Å². The van der Waals surface area contributed by atoms with Gasteiger partial charge in [-0.15, -0.1) is 0 Å². The van der Waals surface area contributed by atoms with Gasteiger partial charge in [0.1, 0.15) is 18.2 Å². The number of amides is 1. The van der Waals surface area contributed by atoms with Gasteiger partial charge in [0.05, 0.1) is 11.0 Å². The van der Waals surface area contributed by atoms with E-state index in [1.807, 2.05) is 35.9 Å². The first-order chi connectivity index (χ1) is 12.1. The summed E-state index contributed by atoms with van der Waals surface area (Å²) in [6.45, 7) is 3.07. The summed E-state index contributed by atoms with van der Waals surface area (Å²) in [5, 5.41) is 0. The zero-order valence-electron chi connectivity index (χ0n) is 14.6. The Kier molecular flexibility index (Phi) is 5.12. The summed E-state index contributed by atoms with van der Waals surface area (Å²) in [6.07, 6.45) is 2.03. The molecule has 0 unspecified atom stereocenters. The summed E-state index contributed by atoms with van der Waals surface area (Å²) in [4.78, 5) is 19.0. The molecule has 0 aliphatic heterocycles. The molecule has 0 saturated carbocycles. The number of halogens is 1. The quantitative estimate of drug-likeness (QED) is 0.678. The number of aromatic nitrogens is 2. The van der Waals surface area contributed by atoms with Gasteiger partial charge in [0.15, 0.2) is 0 Å². The third-order valence-corrected chi connectivity index (χ3v) is 4.32. The van der Waals surface area contributed by atoms with Crippen LogP contribution in [0.4, 0.5) is 4.39 Å². The number of hydrogen-bond donors (Lipinski definition) is 0. The Hall–Kier alpha value is -2.69. The molecule has 4 nitrogen and oxygen atoms in total. The highest BCUT2D eigenvalue weighted by Gasteiger charge is 2.17. The Morgan fingerprint density at radius 2 is 1.88 bits per heavy atom. The molecule has 0 aliphatic rings. The molecule has 0 spiro atoms. The lowest BCUT2D eigenvalue weighted by molar-refractivity contribution is -0.130. The molecule has 0 fully saturated rings. The molecule has 1 aromatic heterocycles. The second-order valence-electron chi connectivity index (χ2n) is 6.19. The van der Waals surface area contributed by atoms with Crippen LogP contribution in [0.3, 0.4) is 0 Å². The number of carbonyl (C=O) groups excluding carboxylic acids is 1. The lowest BCUT2D eigenvalue weighted by Gasteiger charge is -2.18. The Morgan fingerprint density at radius 1 is 1.16 bits per heavy atom. The van der Waals surface area contributed by atoms with Gasteiger partial charge in [0.25, 0.3) is 0 Å². The van der Waals surface area contributed by atoms with Gasteiger partial charge < -0.3 is 9.47 Å². The molecule has 2 aromatic carbocycles. The summed E-state index contributed by atoms with van der Waals surface area (Å²) >= 11 is 0. The zero-order valence-corrected chi connectivity index (χ0v) is 14.6. The predicted molar refractivity (Wildman–Crippen MR) is 97.7 cm³/mol. The number of hydrogen-bond acceptors (Lipinski definition) is 2. The van der Waals surface area contributed by atoms with E-state index in [0.717, 1.165) is 36.0 Å². The van der Waals surface area contributed by atoms with Crippen molar-refractivity contribution < 1.29 is 9.18 Å².